The minimum absolute atomic E-state index is 0.164. The molecular formula is C15H15ClN2O. The maximum Gasteiger partial charge on any atom is 0.261 e. The molecule has 2 aromatic rings. The van der Waals surface area contributed by atoms with Gasteiger partial charge >= 0.3 is 0 Å². The Kier molecular flexibility index (Phi) is 4.17. The molecule has 0 saturated carbocycles. The lowest BCUT2D eigenvalue weighted by Gasteiger charge is -2.18. The van der Waals surface area contributed by atoms with Crippen LogP contribution >= 0.6 is 11.6 Å². The van der Waals surface area contributed by atoms with E-state index >= 15 is 0 Å². The summed E-state index contributed by atoms with van der Waals surface area (Å²) < 4.78 is 0. The molecule has 0 atom stereocenters. The predicted octanol–water partition coefficient (Wildman–Crippen LogP) is 3.57. The number of amides is 1. The lowest BCUT2D eigenvalue weighted by atomic mass is 10.1. The molecule has 0 aliphatic carbocycles. The Hall–Kier alpha value is -1.87. The smallest absolute Gasteiger partial charge is 0.261 e. The fourth-order valence-corrected chi connectivity index (χ4v) is 2.00. The number of aryl methyl sites for hydroxylation is 1. The van der Waals surface area contributed by atoms with Gasteiger partial charge in [-0.2, -0.15) is 0 Å². The van der Waals surface area contributed by atoms with Gasteiger partial charge in [0.05, 0.1) is 5.56 Å². The molecule has 0 aliphatic heterocycles. The van der Waals surface area contributed by atoms with Crippen LogP contribution in [0.3, 0.4) is 0 Å². The van der Waals surface area contributed by atoms with Crippen molar-refractivity contribution >= 4 is 23.2 Å². The number of pyridine rings is 1. The van der Waals surface area contributed by atoms with Gasteiger partial charge in [0.25, 0.3) is 5.91 Å². The second-order valence-corrected chi connectivity index (χ2v) is 4.58. The zero-order chi connectivity index (χ0) is 13.8. The van der Waals surface area contributed by atoms with E-state index in [2.05, 4.69) is 11.9 Å². The first-order chi connectivity index (χ1) is 9.13. The van der Waals surface area contributed by atoms with Gasteiger partial charge < -0.3 is 4.90 Å². The molecule has 0 unspecified atom stereocenters. The Balaban J connectivity index is 2.26. The van der Waals surface area contributed by atoms with E-state index in [4.69, 9.17) is 11.6 Å². The average Bonchev–Trinajstić information content (AvgIpc) is 2.46. The normalized spacial score (nSPS) is 10.3. The first-order valence-electron chi connectivity index (χ1n) is 6.11. The molecule has 4 heteroatoms. The summed E-state index contributed by atoms with van der Waals surface area (Å²) in [5, 5.41) is 0.226. The molecule has 0 spiro atoms. The number of hydrogen-bond acceptors (Lipinski definition) is 2. The van der Waals surface area contributed by atoms with Crippen LogP contribution in [0.5, 0.6) is 0 Å². The molecule has 19 heavy (non-hydrogen) atoms. The van der Waals surface area contributed by atoms with E-state index in [1.807, 2.05) is 24.3 Å². The largest absolute Gasteiger partial charge is 0.311 e. The number of carbonyl (C=O) groups is 1. The monoisotopic (exact) mass is 274 g/mol. The SMILES string of the molecule is CCc1ccc(N(C)C(=O)c2cccnc2Cl)cc1. The quantitative estimate of drug-likeness (QED) is 0.802. The Labute approximate surface area is 117 Å². The predicted molar refractivity (Wildman–Crippen MR) is 77.8 cm³/mol. The third-order valence-corrected chi connectivity index (χ3v) is 3.33. The lowest BCUT2D eigenvalue weighted by Crippen LogP contribution is -2.26. The number of nitrogens with zero attached hydrogens (tertiary/aromatic N) is 2. The Morgan fingerprint density at radius 2 is 1.95 bits per heavy atom. The highest BCUT2D eigenvalue weighted by Gasteiger charge is 2.16. The summed E-state index contributed by atoms with van der Waals surface area (Å²) in [5.41, 5.74) is 2.48. The summed E-state index contributed by atoms with van der Waals surface area (Å²) in [5.74, 6) is -0.164. The summed E-state index contributed by atoms with van der Waals surface area (Å²) in [7, 11) is 1.73. The van der Waals surface area contributed by atoms with Crippen LogP contribution in [0.1, 0.15) is 22.8 Å². The molecule has 1 amide bonds. The minimum Gasteiger partial charge on any atom is -0.311 e. The summed E-state index contributed by atoms with van der Waals surface area (Å²) >= 11 is 5.94. The van der Waals surface area contributed by atoms with Gasteiger partial charge in [-0.1, -0.05) is 30.7 Å². The maximum absolute atomic E-state index is 12.3. The van der Waals surface area contributed by atoms with Gasteiger partial charge in [-0.3, -0.25) is 4.79 Å². The number of hydrogen-bond donors (Lipinski definition) is 0. The highest BCUT2D eigenvalue weighted by atomic mass is 35.5. The van der Waals surface area contributed by atoms with E-state index in [-0.39, 0.29) is 11.1 Å². The van der Waals surface area contributed by atoms with Crippen LogP contribution < -0.4 is 4.90 Å². The van der Waals surface area contributed by atoms with Crippen molar-refractivity contribution in [2.24, 2.45) is 0 Å². The summed E-state index contributed by atoms with van der Waals surface area (Å²) in [6.07, 6.45) is 2.54. The van der Waals surface area contributed by atoms with Crippen LogP contribution in [0.2, 0.25) is 5.15 Å². The average molecular weight is 275 g/mol. The topological polar surface area (TPSA) is 33.2 Å². The third kappa shape index (κ3) is 2.93. The summed E-state index contributed by atoms with van der Waals surface area (Å²) in [6, 6.07) is 11.3. The molecule has 1 aromatic carbocycles. The van der Waals surface area contributed by atoms with E-state index in [1.54, 1.807) is 30.3 Å². The van der Waals surface area contributed by atoms with Crippen molar-refractivity contribution in [3.05, 3.63) is 58.9 Å². The third-order valence-electron chi connectivity index (χ3n) is 3.03. The lowest BCUT2D eigenvalue weighted by molar-refractivity contribution is 0.0993. The zero-order valence-electron chi connectivity index (χ0n) is 10.9. The molecule has 0 N–H and O–H groups in total. The van der Waals surface area contributed by atoms with Gasteiger partial charge in [-0.25, -0.2) is 4.98 Å². The molecular weight excluding hydrogens is 260 g/mol. The van der Waals surface area contributed by atoms with E-state index in [9.17, 15) is 4.79 Å². The first kappa shape index (κ1) is 13.6. The Bertz CT molecular complexity index is 581. The number of benzene rings is 1. The number of aromatic nitrogens is 1. The standard InChI is InChI=1S/C15H15ClN2O/c1-3-11-6-8-12(9-7-11)18(2)15(19)13-5-4-10-17-14(13)16/h4-10H,3H2,1-2H3. The van der Waals surface area contributed by atoms with Gasteiger partial charge in [0.1, 0.15) is 5.15 Å². The zero-order valence-corrected chi connectivity index (χ0v) is 11.7. The molecule has 0 aliphatic rings. The highest BCUT2D eigenvalue weighted by Crippen LogP contribution is 2.19. The number of anilines is 1. The van der Waals surface area contributed by atoms with Crippen LogP contribution in [-0.2, 0) is 6.42 Å². The second-order valence-electron chi connectivity index (χ2n) is 4.23. The van der Waals surface area contributed by atoms with Gasteiger partial charge in [-0.15, -0.1) is 0 Å². The molecule has 0 saturated heterocycles. The minimum atomic E-state index is -0.164. The van der Waals surface area contributed by atoms with Crippen molar-refractivity contribution < 1.29 is 4.79 Å². The van der Waals surface area contributed by atoms with Gasteiger partial charge in [0.15, 0.2) is 0 Å². The molecule has 98 valence electrons. The van der Waals surface area contributed by atoms with Gasteiger partial charge in [-0.05, 0) is 36.2 Å². The van der Waals surface area contributed by atoms with Crippen molar-refractivity contribution in [2.45, 2.75) is 13.3 Å². The van der Waals surface area contributed by atoms with Crippen LogP contribution in [-0.4, -0.2) is 17.9 Å². The molecule has 0 bridgehead atoms. The van der Waals surface area contributed by atoms with Crippen molar-refractivity contribution in [3.8, 4) is 0 Å². The highest BCUT2D eigenvalue weighted by molar-refractivity contribution is 6.33. The molecule has 0 radical (unpaired) electrons. The van der Waals surface area contributed by atoms with Crippen molar-refractivity contribution in [3.63, 3.8) is 0 Å². The summed E-state index contributed by atoms with van der Waals surface area (Å²) in [6.45, 7) is 2.10. The number of carbonyl (C=O) groups excluding carboxylic acids is 1. The van der Waals surface area contributed by atoms with Crippen LogP contribution in [0.4, 0.5) is 5.69 Å². The molecule has 1 aromatic heterocycles. The fraction of sp³-hybridized carbons (Fsp3) is 0.200. The summed E-state index contributed by atoms with van der Waals surface area (Å²) in [4.78, 5) is 17.8. The van der Waals surface area contributed by atoms with Gasteiger partial charge in [0.2, 0.25) is 0 Å². The van der Waals surface area contributed by atoms with E-state index in [0.29, 0.717) is 5.56 Å². The first-order valence-corrected chi connectivity index (χ1v) is 6.48. The van der Waals surface area contributed by atoms with E-state index < -0.39 is 0 Å². The molecule has 3 nitrogen and oxygen atoms in total. The van der Waals surface area contributed by atoms with E-state index in [0.717, 1.165) is 12.1 Å². The Morgan fingerprint density at radius 1 is 1.26 bits per heavy atom. The van der Waals surface area contributed by atoms with Crippen molar-refractivity contribution in [1.29, 1.82) is 0 Å². The molecule has 1 heterocycles. The van der Waals surface area contributed by atoms with Crippen LogP contribution in [0, 0.1) is 0 Å². The fourth-order valence-electron chi connectivity index (χ4n) is 1.80. The maximum atomic E-state index is 12.3. The van der Waals surface area contributed by atoms with E-state index in [1.165, 1.54) is 5.56 Å². The molecule has 2 rings (SSSR count). The number of halogens is 1. The number of rotatable bonds is 3. The van der Waals surface area contributed by atoms with Crippen molar-refractivity contribution in [2.75, 3.05) is 11.9 Å². The van der Waals surface area contributed by atoms with Crippen LogP contribution in [0.25, 0.3) is 0 Å². The van der Waals surface area contributed by atoms with Gasteiger partial charge in [0, 0.05) is 18.9 Å². The Morgan fingerprint density at radius 3 is 2.53 bits per heavy atom. The molecule has 0 fully saturated rings. The second kappa shape index (κ2) is 5.85. The van der Waals surface area contributed by atoms with Crippen molar-refractivity contribution in [1.82, 2.24) is 4.98 Å². The van der Waals surface area contributed by atoms with Crippen LogP contribution in [0.15, 0.2) is 42.6 Å².